The largest absolute Gasteiger partial charge is 0.352 e. The summed E-state index contributed by atoms with van der Waals surface area (Å²) in [5.41, 5.74) is 7.57. The van der Waals surface area contributed by atoms with Gasteiger partial charge in [0.05, 0.1) is 5.41 Å². The van der Waals surface area contributed by atoms with Crippen LogP contribution < -0.4 is 11.1 Å². The Hall–Kier alpha value is -1.42. The maximum absolute atomic E-state index is 13.6. The molecule has 1 fully saturated rings. The molecule has 0 aromatic heterocycles. The fraction of sp³-hybridized carbons (Fsp3) is 0.562. The van der Waals surface area contributed by atoms with E-state index >= 15 is 0 Å². The van der Waals surface area contributed by atoms with Crippen molar-refractivity contribution in [1.29, 1.82) is 0 Å². The van der Waals surface area contributed by atoms with Crippen LogP contribution in [0.1, 0.15) is 42.4 Å². The van der Waals surface area contributed by atoms with Crippen LogP contribution in [0.15, 0.2) is 12.1 Å². The number of hydrogen-bond donors (Lipinski definition) is 2. The number of nitrogens with one attached hydrogen (secondary N) is 1. The minimum atomic E-state index is -0.385. The molecular weight excluding hydrogens is 255 g/mol. The zero-order chi connectivity index (χ0) is 14.8. The van der Waals surface area contributed by atoms with Crippen LogP contribution in [0.25, 0.3) is 0 Å². The van der Waals surface area contributed by atoms with Gasteiger partial charge in [0, 0.05) is 13.1 Å². The summed E-state index contributed by atoms with van der Waals surface area (Å²) in [5, 5.41) is 2.97. The lowest BCUT2D eigenvalue weighted by Gasteiger charge is -2.25. The van der Waals surface area contributed by atoms with Gasteiger partial charge in [-0.25, -0.2) is 4.39 Å². The predicted octanol–water partition coefficient (Wildman–Crippen LogP) is 2.58. The van der Waals surface area contributed by atoms with Crippen molar-refractivity contribution in [3.05, 3.63) is 34.6 Å². The second-order valence-corrected chi connectivity index (χ2v) is 5.92. The van der Waals surface area contributed by atoms with Crippen molar-refractivity contribution in [3.63, 3.8) is 0 Å². The Morgan fingerprint density at radius 2 is 1.85 bits per heavy atom. The van der Waals surface area contributed by atoms with E-state index in [1.165, 1.54) is 0 Å². The van der Waals surface area contributed by atoms with Crippen LogP contribution in [0.4, 0.5) is 4.39 Å². The van der Waals surface area contributed by atoms with Gasteiger partial charge in [-0.1, -0.05) is 25.0 Å². The second-order valence-electron chi connectivity index (χ2n) is 5.92. The van der Waals surface area contributed by atoms with E-state index in [1.807, 2.05) is 0 Å². The number of rotatable bonds is 4. The van der Waals surface area contributed by atoms with Gasteiger partial charge < -0.3 is 11.1 Å². The predicted molar refractivity (Wildman–Crippen MR) is 77.7 cm³/mol. The van der Waals surface area contributed by atoms with E-state index in [0.29, 0.717) is 24.2 Å². The number of nitrogens with two attached hydrogens (primary N) is 1. The third-order valence-corrected chi connectivity index (χ3v) is 4.38. The fourth-order valence-electron chi connectivity index (χ4n) is 3.08. The van der Waals surface area contributed by atoms with Crippen molar-refractivity contribution in [2.24, 2.45) is 11.1 Å². The van der Waals surface area contributed by atoms with Crippen LogP contribution in [-0.2, 0) is 11.3 Å². The van der Waals surface area contributed by atoms with Crippen LogP contribution in [0.5, 0.6) is 0 Å². The molecule has 0 unspecified atom stereocenters. The number of carbonyl (C=O) groups is 1. The summed E-state index contributed by atoms with van der Waals surface area (Å²) in [6.45, 7) is 4.32. The van der Waals surface area contributed by atoms with E-state index in [9.17, 15) is 9.18 Å². The Kier molecular flexibility index (Phi) is 4.43. The molecule has 3 nitrogen and oxygen atoms in total. The van der Waals surface area contributed by atoms with Crippen molar-refractivity contribution < 1.29 is 9.18 Å². The molecule has 0 saturated heterocycles. The molecule has 2 rings (SSSR count). The molecule has 0 aliphatic heterocycles. The maximum atomic E-state index is 13.6. The first-order valence-corrected chi connectivity index (χ1v) is 7.22. The van der Waals surface area contributed by atoms with Crippen LogP contribution in [0.2, 0.25) is 0 Å². The molecule has 0 atom stereocenters. The van der Waals surface area contributed by atoms with E-state index in [1.54, 1.807) is 26.0 Å². The van der Waals surface area contributed by atoms with Crippen molar-refractivity contribution in [2.75, 3.05) is 6.54 Å². The number of carbonyl (C=O) groups excluding carboxylic acids is 1. The molecule has 3 N–H and O–H groups in total. The normalized spacial score (nSPS) is 17.2. The van der Waals surface area contributed by atoms with E-state index in [0.717, 1.165) is 31.2 Å². The Labute approximate surface area is 119 Å². The van der Waals surface area contributed by atoms with Gasteiger partial charge in [-0.3, -0.25) is 4.79 Å². The summed E-state index contributed by atoms with van der Waals surface area (Å²) >= 11 is 0. The van der Waals surface area contributed by atoms with Gasteiger partial charge in [-0.05, 0) is 43.4 Å². The zero-order valence-electron chi connectivity index (χ0n) is 12.3. The molecule has 4 heteroatoms. The maximum Gasteiger partial charge on any atom is 0.227 e. The van der Waals surface area contributed by atoms with Crippen molar-refractivity contribution >= 4 is 5.91 Å². The molecule has 0 spiro atoms. The quantitative estimate of drug-likeness (QED) is 0.889. The fourth-order valence-corrected chi connectivity index (χ4v) is 3.08. The van der Waals surface area contributed by atoms with Gasteiger partial charge >= 0.3 is 0 Å². The molecule has 1 aromatic rings. The number of amides is 1. The third-order valence-electron chi connectivity index (χ3n) is 4.38. The summed E-state index contributed by atoms with van der Waals surface area (Å²) in [7, 11) is 0. The standard InChI is InChI=1S/C16H23FN2O/c1-11-7-13(8-12(2)14(11)17)9-19-15(20)16(10-18)5-3-4-6-16/h7-8H,3-6,9-10,18H2,1-2H3,(H,19,20). The van der Waals surface area contributed by atoms with E-state index in [4.69, 9.17) is 5.73 Å². The monoisotopic (exact) mass is 278 g/mol. The van der Waals surface area contributed by atoms with E-state index in [2.05, 4.69) is 5.32 Å². The summed E-state index contributed by atoms with van der Waals surface area (Å²) < 4.78 is 13.6. The van der Waals surface area contributed by atoms with Gasteiger partial charge in [0.1, 0.15) is 5.82 Å². The highest BCUT2D eigenvalue weighted by Crippen LogP contribution is 2.37. The minimum absolute atomic E-state index is 0.0390. The number of benzene rings is 1. The Morgan fingerprint density at radius 1 is 1.30 bits per heavy atom. The van der Waals surface area contributed by atoms with Gasteiger partial charge in [0.2, 0.25) is 5.91 Å². The average molecular weight is 278 g/mol. The molecule has 20 heavy (non-hydrogen) atoms. The lowest BCUT2D eigenvalue weighted by Crippen LogP contribution is -2.43. The third kappa shape index (κ3) is 2.85. The highest BCUT2D eigenvalue weighted by molar-refractivity contribution is 5.83. The molecule has 1 aromatic carbocycles. The first kappa shape index (κ1) is 15.0. The zero-order valence-corrected chi connectivity index (χ0v) is 12.3. The molecule has 110 valence electrons. The van der Waals surface area contributed by atoms with Gasteiger partial charge in [-0.2, -0.15) is 0 Å². The van der Waals surface area contributed by atoms with Gasteiger partial charge in [-0.15, -0.1) is 0 Å². The lowest BCUT2D eigenvalue weighted by atomic mass is 9.85. The highest BCUT2D eigenvalue weighted by Gasteiger charge is 2.39. The summed E-state index contributed by atoms with van der Waals surface area (Å²) in [6, 6.07) is 3.57. The second kappa shape index (κ2) is 5.92. The molecule has 1 aliphatic carbocycles. The summed E-state index contributed by atoms with van der Waals surface area (Å²) in [5.74, 6) is -0.133. The number of halogens is 1. The van der Waals surface area contributed by atoms with Crippen LogP contribution in [0, 0.1) is 25.1 Å². The number of hydrogen-bond acceptors (Lipinski definition) is 2. The Bertz CT molecular complexity index is 484. The van der Waals surface area contributed by atoms with Crippen LogP contribution in [-0.4, -0.2) is 12.5 Å². The molecule has 0 bridgehead atoms. The first-order valence-electron chi connectivity index (χ1n) is 7.22. The highest BCUT2D eigenvalue weighted by atomic mass is 19.1. The van der Waals surface area contributed by atoms with Crippen LogP contribution >= 0.6 is 0 Å². The van der Waals surface area contributed by atoms with E-state index in [-0.39, 0.29) is 17.1 Å². The average Bonchev–Trinajstić information content (AvgIpc) is 2.92. The van der Waals surface area contributed by atoms with Crippen molar-refractivity contribution in [2.45, 2.75) is 46.1 Å². The van der Waals surface area contributed by atoms with Crippen molar-refractivity contribution in [1.82, 2.24) is 5.32 Å². The Morgan fingerprint density at radius 3 is 2.35 bits per heavy atom. The van der Waals surface area contributed by atoms with Crippen molar-refractivity contribution in [3.8, 4) is 0 Å². The van der Waals surface area contributed by atoms with Crippen LogP contribution in [0.3, 0.4) is 0 Å². The topological polar surface area (TPSA) is 55.1 Å². The SMILES string of the molecule is Cc1cc(CNC(=O)C2(CN)CCCC2)cc(C)c1F. The van der Waals surface area contributed by atoms with E-state index < -0.39 is 0 Å². The molecule has 1 saturated carbocycles. The molecule has 1 aliphatic rings. The van der Waals surface area contributed by atoms with Gasteiger partial charge in [0.15, 0.2) is 0 Å². The van der Waals surface area contributed by atoms with Gasteiger partial charge in [0.25, 0.3) is 0 Å². The summed E-state index contributed by atoms with van der Waals surface area (Å²) in [6.07, 6.45) is 3.88. The summed E-state index contributed by atoms with van der Waals surface area (Å²) in [4.78, 5) is 12.3. The molecule has 1 amide bonds. The number of aryl methyl sites for hydroxylation is 2. The minimum Gasteiger partial charge on any atom is -0.352 e. The Balaban J connectivity index is 2.03. The molecular formula is C16H23FN2O. The lowest BCUT2D eigenvalue weighted by molar-refractivity contribution is -0.130. The molecule has 0 heterocycles. The first-order chi connectivity index (χ1) is 9.48. The smallest absolute Gasteiger partial charge is 0.227 e. The molecule has 0 radical (unpaired) electrons.